The summed E-state index contributed by atoms with van der Waals surface area (Å²) in [6, 6.07) is 37.1. The van der Waals surface area contributed by atoms with E-state index < -0.39 is 16.1 Å². The van der Waals surface area contributed by atoms with Gasteiger partial charge < -0.3 is 0 Å². The summed E-state index contributed by atoms with van der Waals surface area (Å²) < 4.78 is 56.2. The maximum absolute atomic E-state index is 18.0. The van der Waals surface area contributed by atoms with Crippen LogP contribution >= 0.6 is 91.5 Å². The molecule has 0 bridgehead atoms. The fourth-order valence-corrected chi connectivity index (χ4v) is 37.5. The Labute approximate surface area is 643 Å². The van der Waals surface area contributed by atoms with Crippen molar-refractivity contribution in [2.75, 3.05) is 0 Å². The summed E-state index contributed by atoms with van der Waals surface area (Å²) in [5, 5.41) is 6.36. The molecule has 0 N–H and O–H groups in total. The van der Waals surface area contributed by atoms with E-state index in [0.29, 0.717) is 22.2 Å². The van der Waals surface area contributed by atoms with Gasteiger partial charge in [-0.25, -0.2) is 8.78 Å². The van der Waals surface area contributed by atoms with Crippen LogP contribution in [-0.4, -0.2) is 33.6 Å². The topological polar surface area (TPSA) is 51.6 Å². The van der Waals surface area contributed by atoms with Crippen molar-refractivity contribution in [3.8, 4) is 82.2 Å². The Morgan fingerprint density at radius 1 is 0.275 bits per heavy atom. The third kappa shape index (κ3) is 16.6. The predicted molar refractivity (Wildman–Crippen MR) is 458 cm³/mol. The zero-order chi connectivity index (χ0) is 70.4. The number of hydrogen-bond acceptors (Lipinski definition) is 12. The molecule has 10 heterocycles. The van der Waals surface area contributed by atoms with Crippen molar-refractivity contribution in [1.29, 1.82) is 0 Å². The molecule has 0 fully saturated rings. The molecule has 3 aromatic carbocycles. The summed E-state index contributed by atoms with van der Waals surface area (Å²) in [6.07, 6.45) is 42.6. The van der Waals surface area contributed by atoms with Gasteiger partial charge in [-0.15, -0.1) is 68.0 Å². The van der Waals surface area contributed by atoms with E-state index in [0.717, 1.165) is 54.5 Å². The second-order valence-electron chi connectivity index (χ2n) is 29.9. The SMILES string of the molecule is CCCCCCCC[Si]1(CCCCCCCC)c2cc3c(cc2-c2sc(-c4c(F)cc(-c5ccc(-c6ccc(CCCCCC)s6)s5)c5nsnc45)cc21)[Si](CCCCCCCC)(CCCCCCCC)c1cc(-c2c(F)cc(-c4ccc(-c5ccc(CCCCCC)s5)s4)c4nsnc24)sc1-3. The molecule has 0 atom stereocenters. The Hall–Kier alpha value is -4.21. The maximum Gasteiger partial charge on any atom is 0.134 e. The molecule has 0 amide bonds. The summed E-state index contributed by atoms with van der Waals surface area (Å²) in [4.78, 5) is 14.8. The van der Waals surface area contributed by atoms with Gasteiger partial charge in [0.1, 0.15) is 49.8 Å². The Balaban J connectivity index is 0.933. The number of benzene rings is 3. The Morgan fingerprint density at radius 2 is 0.578 bits per heavy atom. The smallest absolute Gasteiger partial charge is 0.134 e. The molecule has 4 nitrogen and oxygen atoms in total. The van der Waals surface area contributed by atoms with Gasteiger partial charge in [0.15, 0.2) is 0 Å². The number of thiophene rings is 6. The van der Waals surface area contributed by atoms with Crippen LogP contribution in [0.3, 0.4) is 0 Å². The van der Waals surface area contributed by atoms with Gasteiger partial charge in [-0.3, -0.25) is 0 Å². The summed E-state index contributed by atoms with van der Waals surface area (Å²) in [7, 11) is -5.10. The Bertz CT molecular complexity index is 4200. The van der Waals surface area contributed by atoms with E-state index in [2.05, 4.69) is 114 Å². The first-order chi connectivity index (χ1) is 50.1. The fourth-order valence-electron chi connectivity index (χ4n) is 17.0. The third-order valence-electron chi connectivity index (χ3n) is 22.6. The van der Waals surface area contributed by atoms with E-state index in [1.165, 1.54) is 303 Å². The lowest BCUT2D eigenvalue weighted by Crippen LogP contribution is -2.56. The van der Waals surface area contributed by atoms with E-state index in [4.69, 9.17) is 17.5 Å². The van der Waals surface area contributed by atoms with Crippen LogP contribution in [0, 0.1) is 11.6 Å². The molecule has 11 aromatic rings. The van der Waals surface area contributed by atoms with Gasteiger partial charge in [0, 0.05) is 69.7 Å². The van der Waals surface area contributed by atoms with Crippen LogP contribution in [-0.2, 0) is 12.8 Å². The van der Waals surface area contributed by atoms with Crippen molar-refractivity contribution in [2.45, 2.75) is 284 Å². The minimum atomic E-state index is -2.55. The number of nitrogens with zero attached hydrogens (tertiary/aromatic N) is 4. The monoisotopic (exact) mass is 1550 g/mol. The molecule has 0 saturated heterocycles. The molecule has 2 aliphatic heterocycles. The summed E-state index contributed by atoms with van der Waals surface area (Å²) in [6.45, 7) is 13.9. The number of hydrogen-bond donors (Lipinski definition) is 0. The molecule has 542 valence electrons. The zero-order valence-corrected chi connectivity index (χ0v) is 70.3. The van der Waals surface area contributed by atoms with Crippen molar-refractivity contribution >= 4 is 150 Å². The van der Waals surface area contributed by atoms with E-state index in [1.807, 2.05) is 45.3 Å². The molecule has 0 spiro atoms. The van der Waals surface area contributed by atoms with Crippen molar-refractivity contribution in [3.63, 3.8) is 0 Å². The lowest BCUT2D eigenvalue weighted by atomic mass is 10.0. The minimum Gasteiger partial charge on any atom is -0.206 e. The average Bonchev–Trinajstić information content (AvgIpc) is 1.52. The predicted octanol–water partition coefficient (Wildman–Crippen LogP) is 29.1. The van der Waals surface area contributed by atoms with Crippen LogP contribution in [0.1, 0.15) is 257 Å². The average molecular weight is 1550 g/mol. The lowest BCUT2D eigenvalue weighted by Gasteiger charge is -2.32. The van der Waals surface area contributed by atoms with Crippen molar-refractivity contribution < 1.29 is 8.78 Å². The molecule has 102 heavy (non-hydrogen) atoms. The minimum absolute atomic E-state index is 0.197. The summed E-state index contributed by atoms with van der Waals surface area (Å²) in [5.41, 5.74) is 8.88. The molecule has 0 radical (unpaired) electrons. The summed E-state index contributed by atoms with van der Waals surface area (Å²) >= 11 is 13.5. The van der Waals surface area contributed by atoms with Gasteiger partial charge in [0.05, 0.1) is 34.6 Å². The van der Waals surface area contributed by atoms with Crippen LogP contribution < -0.4 is 20.7 Å². The Morgan fingerprint density at radius 3 is 0.941 bits per heavy atom. The lowest BCUT2D eigenvalue weighted by molar-refractivity contribution is 0.616. The molecule has 0 saturated carbocycles. The highest BCUT2D eigenvalue weighted by Gasteiger charge is 2.52. The number of fused-ring (bicyclic) bond motifs is 8. The van der Waals surface area contributed by atoms with Crippen molar-refractivity contribution in [2.24, 2.45) is 0 Å². The van der Waals surface area contributed by atoms with Gasteiger partial charge in [0.2, 0.25) is 0 Å². The van der Waals surface area contributed by atoms with Crippen LogP contribution in [0.25, 0.3) is 104 Å². The number of rotatable bonds is 44. The second-order valence-corrected chi connectivity index (χ2v) is 46.0. The van der Waals surface area contributed by atoms with Crippen LogP contribution in [0.4, 0.5) is 8.78 Å². The number of unbranched alkanes of at least 4 members (excludes halogenated alkanes) is 26. The number of aryl methyl sites for hydroxylation is 2. The highest BCUT2D eigenvalue weighted by Crippen LogP contribution is 2.52. The van der Waals surface area contributed by atoms with Gasteiger partial charge >= 0.3 is 0 Å². The highest BCUT2D eigenvalue weighted by atomic mass is 32.1. The van der Waals surface area contributed by atoms with Crippen molar-refractivity contribution in [1.82, 2.24) is 17.5 Å². The van der Waals surface area contributed by atoms with Crippen LogP contribution in [0.2, 0.25) is 24.2 Å². The van der Waals surface area contributed by atoms with E-state index in [1.54, 1.807) is 55.6 Å². The maximum atomic E-state index is 18.0. The van der Waals surface area contributed by atoms with Crippen molar-refractivity contribution in [3.05, 3.63) is 106 Å². The van der Waals surface area contributed by atoms with Gasteiger partial charge in [-0.05, 0) is 155 Å². The summed E-state index contributed by atoms with van der Waals surface area (Å²) in [5.74, 6) is -0.395. The first kappa shape index (κ1) is 76.0. The third-order valence-corrected chi connectivity index (χ3v) is 41.9. The Kier molecular flexibility index (Phi) is 27.3. The van der Waals surface area contributed by atoms with E-state index >= 15 is 8.78 Å². The molecule has 0 unspecified atom stereocenters. The molecular weight excluding hydrogens is 1440 g/mol. The number of halogens is 2. The first-order valence-corrected chi connectivity index (χ1v) is 51.1. The molecule has 0 aliphatic carbocycles. The molecule has 16 heteroatoms. The zero-order valence-electron chi connectivity index (χ0n) is 61.8. The van der Waals surface area contributed by atoms with Gasteiger partial charge in [-0.2, -0.15) is 17.5 Å². The molecular formula is C86H108F2N4S8Si2. The van der Waals surface area contributed by atoms with Gasteiger partial charge in [-0.1, -0.05) is 246 Å². The van der Waals surface area contributed by atoms with Crippen LogP contribution in [0.5, 0.6) is 0 Å². The standard InChI is InChI=1S/C86H108F2N4S8Si2/c1-7-13-19-25-29-35-49-101(50-36-30-26-20-14-8-2)75-55-64-76(56-63(75)85-77(101)57-73(97-85)79-65(87)53-61(81-83(79)91-99-89-81)67-45-47-71(95-67)69-43-41-59(93-69)39-33-23-17-11-5)102(51-37-31-27-21-15-9-3,52-38-32-28-22-16-10-4)78-58-74(98-86(64)78)80-66(88)54-62(82-84(80)92-100-90-82)68-46-48-72(96-68)70-44-42-60(94-70)40-34-24-18-12-6/h41-48,53-58H,7-40,49-52H2,1-6H3. The quantitative estimate of drug-likeness (QED) is 0.0282. The highest BCUT2D eigenvalue weighted by molar-refractivity contribution is 7.26. The van der Waals surface area contributed by atoms with Gasteiger partial charge in [0.25, 0.3) is 0 Å². The number of aromatic nitrogens is 4. The molecule has 2 aliphatic rings. The first-order valence-electron chi connectivity index (χ1n) is 39.9. The van der Waals surface area contributed by atoms with Crippen LogP contribution in [0.15, 0.2) is 84.9 Å². The molecule has 8 aromatic heterocycles. The van der Waals surface area contributed by atoms with E-state index in [-0.39, 0.29) is 11.6 Å². The largest absolute Gasteiger partial charge is 0.206 e. The normalized spacial score (nSPS) is 13.6. The fraction of sp³-hybridized carbons (Fsp3) is 0.512. The molecule has 13 rings (SSSR count). The second kappa shape index (κ2) is 36.6. The van der Waals surface area contributed by atoms with E-state index in [9.17, 15) is 0 Å².